The van der Waals surface area contributed by atoms with Crippen LogP contribution in [0.2, 0.25) is 0 Å². The normalized spacial score (nSPS) is 12.1. The van der Waals surface area contributed by atoms with E-state index in [1.165, 1.54) is 11.2 Å². The van der Waals surface area contributed by atoms with Gasteiger partial charge in [-0.2, -0.15) is 4.37 Å². The number of primary amides is 1. The molecule has 0 spiro atoms. The number of benzene rings is 1. The molecule has 0 aliphatic carbocycles. The predicted octanol–water partition coefficient (Wildman–Crippen LogP) is 4.09. The minimum atomic E-state index is -1.12. The minimum absolute atomic E-state index is 0.0123. The lowest BCUT2D eigenvalue weighted by atomic mass is 10.0. The number of furan rings is 1. The number of hydrogen-bond acceptors (Lipinski definition) is 7. The Morgan fingerprint density at radius 1 is 1.11 bits per heavy atom. The standard InChI is InChI=1S/C25H31N5O4S/c1-14(2)11-12-28-24(32)21(18-6-5-13-34-18)30(17-9-7-16(8-10-17)15(3)4)25(33)22-19(26)20(23(27)31)29-35-22/h5-10,13-15,21H,11-12,26H2,1-4H3,(H2,27,31)(H,28,32)/t21-/m0/s1. The number of nitrogens with one attached hydrogen (secondary N) is 1. The summed E-state index contributed by atoms with van der Waals surface area (Å²) in [5.41, 5.74) is 12.7. The van der Waals surface area contributed by atoms with E-state index < -0.39 is 23.8 Å². The zero-order valence-electron chi connectivity index (χ0n) is 20.3. The van der Waals surface area contributed by atoms with Crippen molar-refractivity contribution in [2.45, 2.75) is 46.1 Å². The van der Waals surface area contributed by atoms with Gasteiger partial charge in [-0.25, -0.2) is 0 Å². The molecule has 0 saturated carbocycles. The van der Waals surface area contributed by atoms with Crippen LogP contribution >= 0.6 is 11.5 Å². The molecule has 1 aromatic carbocycles. The van der Waals surface area contributed by atoms with Crippen LogP contribution in [0, 0.1) is 5.92 Å². The smallest absolute Gasteiger partial charge is 0.273 e. The summed E-state index contributed by atoms with van der Waals surface area (Å²) >= 11 is 0.762. The molecule has 2 aromatic heterocycles. The molecule has 3 rings (SSSR count). The Balaban J connectivity index is 2.11. The largest absolute Gasteiger partial charge is 0.467 e. The molecule has 0 bridgehead atoms. The Bertz CT molecular complexity index is 1170. The molecule has 0 aliphatic heterocycles. The second kappa shape index (κ2) is 11.2. The van der Waals surface area contributed by atoms with Crippen molar-refractivity contribution in [3.63, 3.8) is 0 Å². The van der Waals surface area contributed by atoms with Gasteiger partial charge in [0.2, 0.25) is 0 Å². The SMILES string of the molecule is CC(C)CCNC(=O)[C@H](c1ccco1)N(C(=O)c1snc(C(N)=O)c1N)c1ccc(C(C)C)cc1. The van der Waals surface area contributed by atoms with Crippen molar-refractivity contribution in [2.24, 2.45) is 11.7 Å². The van der Waals surface area contributed by atoms with Gasteiger partial charge < -0.3 is 21.2 Å². The van der Waals surface area contributed by atoms with Gasteiger partial charge in [-0.15, -0.1) is 0 Å². The number of hydrogen-bond donors (Lipinski definition) is 3. The average molecular weight is 498 g/mol. The van der Waals surface area contributed by atoms with Gasteiger partial charge in [0.15, 0.2) is 11.7 Å². The number of aromatic nitrogens is 1. The van der Waals surface area contributed by atoms with E-state index in [0.717, 1.165) is 23.5 Å². The van der Waals surface area contributed by atoms with Crippen LogP contribution < -0.4 is 21.7 Å². The average Bonchev–Trinajstić information content (AvgIpc) is 3.46. The second-order valence-corrected chi connectivity index (χ2v) is 9.72. The lowest BCUT2D eigenvalue weighted by Crippen LogP contribution is -2.44. The maximum absolute atomic E-state index is 13.9. The first-order valence-corrected chi connectivity index (χ1v) is 12.2. The molecule has 35 heavy (non-hydrogen) atoms. The summed E-state index contributed by atoms with van der Waals surface area (Å²) < 4.78 is 9.55. The van der Waals surface area contributed by atoms with Gasteiger partial charge in [0.05, 0.1) is 12.0 Å². The van der Waals surface area contributed by atoms with Crippen molar-refractivity contribution >= 4 is 40.6 Å². The van der Waals surface area contributed by atoms with Crippen molar-refractivity contribution < 1.29 is 18.8 Å². The third kappa shape index (κ3) is 5.89. The van der Waals surface area contributed by atoms with Gasteiger partial charge in [-0.1, -0.05) is 39.8 Å². The molecular formula is C25H31N5O4S. The first-order chi connectivity index (χ1) is 16.6. The van der Waals surface area contributed by atoms with Crippen LogP contribution in [-0.4, -0.2) is 28.6 Å². The Hall–Kier alpha value is -3.66. The van der Waals surface area contributed by atoms with E-state index in [0.29, 0.717) is 18.2 Å². The van der Waals surface area contributed by atoms with Gasteiger partial charge in [0, 0.05) is 12.2 Å². The summed E-state index contributed by atoms with van der Waals surface area (Å²) in [5.74, 6) is -0.872. The summed E-state index contributed by atoms with van der Waals surface area (Å²) in [6, 6.07) is 9.53. The first kappa shape index (κ1) is 26.0. The van der Waals surface area contributed by atoms with E-state index in [-0.39, 0.29) is 27.9 Å². The number of anilines is 2. The number of carbonyl (C=O) groups is 3. The van der Waals surface area contributed by atoms with Crippen molar-refractivity contribution in [3.05, 3.63) is 64.6 Å². The van der Waals surface area contributed by atoms with Crippen LogP contribution in [0.15, 0.2) is 47.1 Å². The van der Waals surface area contributed by atoms with Gasteiger partial charge >= 0.3 is 0 Å². The highest BCUT2D eigenvalue weighted by molar-refractivity contribution is 7.09. The Morgan fingerprint density at radius 2 is 1.80 bits per heavy atom. The highest BCUT2D eigenvalue weighted by atomic mass is 32.1. The van der Waals surface area contributed by atoms with Crippen LogP contribution in [-0.2, 0) is 4.79 Å². The topological polar surface area (TPSA) is 145 Å². The van der Waals surface area contributed by atoms with Crippen molar-refractivity contribution in [2.75, 3.05) is 17.2 Å². The number of nitrogens with two attached hydrogens (primary N) is 2. The van der Waals surface area contributed by atoms with Crippen LogP contribution in [0.1, 0.15) is 77.6 Å². The molecule has 10 heteroatoms. The van der Waals surface area contributed by atoms with E-state index >= 15 is 0 Å². The fourth-order valence-corrected chi connectivity index (χ4v) is 4.29. The fraction of sp³-hybridized carbons (Fsp3) is 0.360. The number of rotatable bonds is 10. The quantitative estimate of drug-likeness (QED) is 0.385. The van der Waals surface area contributed by atoms with Gasteiger partial charge in [-0.3, -0.25) is 19.3 Å². The maximum Gasteiger partial charge on any atom is 0.273 e. The number of carbonyl (C=O) groups excluding carboxylic acids is 3. The summed E-state index contributed by atoms with van der Waals surface area (Å²) in [6.07, 6.45) is 2.22. The third-order valence-corrected chi connectivity index (χ3v) is 6.40. The lowest BCUT2D eigenvalue weighted by molar-refractivity contribution is -0.122. The predicted molar refractivity (Wildman–Crippen MR) is 136 cm³/mol. The van der Waals surface area contributed by atoms with Gasteiger partial charge in [-0.05, 0) is 59.6 Å². The molecule has 3 amide bonds. The Labute approximate surface area is 208 Å². The highest BCUT2D eigenvalue weighted by Gasteiger charge is 2.37. The van der Waals surface area contributed by atoms with E-state index in [2.05, 4.69) is 37.4 Å². The van der Waals surface area contributed by atoms with Crippen LogP contribution in [0.4, 0.5) is 11.4 Å². The molecule has 1 atom stereocenters. The molecule has 2 heterocycles. The van der Waals surface area contributed by atoms with E-state index in [9.17, 15) is 14.4 Å². The molecule has 186 valence electrons. The molecular weight excluding hydrogens is 466 g/mol. The maximum atomic E-state index is 13.9. The van der Waals surface area contributed by atoms with E-state index in [1.807, 2.05) is 12.1 Å². The highest BCUT2D eigenvalue weighted by Crippen LogP contribution is 2.34. The zero-order chi connectivity index (χ0) is 25.7. The first-order valence-electron chi connectivity index (χ1n) is 11.4. The number of nitrogens with zero attached hydrogens (tertiary/aromatic N) is 2. The second-order valence-electron chi connectivity index (χ2n) is 8.95. The molecule has 3 aromatic rings. The number of nitrogen functional groups attached to an aromatic ring is 1. The molecule has 5 N–H and O–H groups in total. The van der Waals surface area contributed by atoms with E-state index in [4.69, 9.17) is 15.9 Å². The molecule has 0 radical (unpaired) electrons. The van der Waals surface area contributed by atoms with Crippen molar-refractivity contribution in [1.29, 1.82) is 0 Å². The Morgan fingerprint density at radius 3 is 2.31 bits per heavy atom. The molecule has 0 unspecified atom stereocenters. The van der Waals surface area contributed by atoms with E-state index in [1.54, 1.807) is 24.3 Å². The lowest BCUT2D eigenvalue weighted by Gasteiger charge is -2.30. The monoisotopic (exact) mass is 497 g/mol. The summed E-state index contributed by atoms with van der Waals surface area (Å²) in [7, 11) is 0. The third-order valence-electron chi connectivity index (χ3n) is 5.55. The molecule has 9 nitrogen and oxygen atoms in total. The van der Waals surface area contributed by atoms with Crippen molar-refractivity contribution in [3.8, 4) is 0 Å². The van der Waals surface area contributed by atoms with Crippen LogP contribution in [0.5, 0.6) is 0 Å². The minimum Gasteiger partial charge on any atom is -0.467 e. The van der Waals surface area contributed by atoms with Crippen LogP contribution in [0.25, 0.3) is 0 Å². The Kier molecular flexibility index (Phi) is 8.29. The summed E-state index contributed by atoms with van der Waals surface area (Å²) in [6.45, 7) is 8.69. The fourth-order valence-electron chi connectivity index (χ4n) is 3.54. The van der Waals surface area contributed by atoms with Gasteiger partial charge in [0.25, 0.3) is 17.7 Å². The molecule has 0 fully saturated rings. The van der Waals surface area contributed by atoms with Crippen molar-refractivity contribution in [1.82, 2.24) is 9.69 Å². The van der Waals surface area contributed by atoms with Gasteiger partial charge in [0.1, 0.15) is 10.6 Å². The zero-order valence-corrected chi connectivity index (χ0v) is 21.1. The summed E-state index contributed by atoms with van der Waals surface area (Å²) in [5, 5.41) is 2.92. The summed E-state index contributed by atoms with van der Waals surface area (Å²) in [4.78, 5) is 40.4. The number of amides is 3. The molecule has 0 saturated heterocycles. The van der Waals surface area contributed by atoms with Crippen LogP contribution in [0.3, 0.4) is 0 Å². The molecule has 0 aliphatic rings.